The second-order valence-electron chi connectivity index (χ2n) is 8.42. The summed E-state index contributed by atoms with van der Waals surface area (Å²) in [6.45, 7) is 8.29. The summed E-state index contributed by atoms with van der Waals surface area (Å²) in [5, 5.41) is 6.28. The topological polar surface area (TPSA) is 67.4 Å². The average Bonchev–Trinajstić information content (AvgIpc) is 2.79. The van der Waals surface area contributed by atoms with E-state index in [9.17, 15) is 9.59 Å². The molecule has 3 aromatic rings. The van der Waals surface area contributed by atoms with Gasteiger partial charge in [-0.2, -0.15) is 0 Å². The summed E-state index contributed by atoms with van der Waals surface area (Å²) in [7, 11) is 0. The molecule has 0 atom stereocenters. The molecule has 3 rings (SSSR count). The Morgan fingerprint density at radius 2 is 1.42 bits per heavy atom. The van der Waals surface area contributed by atoms with Gasteiger partial charge in [0.1, 0.15) is 5.75 Å². The highest BCUT2D eigenvalue weighted by atomic mass is 35.5. The molecule has 0 radical (unpaired) electrons. The number of benzene rings is 3. The first-order valence-electron chi connectivity index (χ1n) is 11.0. The van der Waals surface area contributed by atoms with Gasteiger partial charge in [-0.1, -0.05) is 69.6 Å². The Labute approximate surface area is 200 Å². The zero-order valence-corrected chi connectivity index (χ0v) is 20.1. The Morgan fingerprint density at radius 1 is 0.818 bits per heavy atom. The highest BCUT2D eigenvalue weighted by molar-refractivity contribution is 6.33. The number of anilines is 2. The number of rotatable bonds is 8. The van der Waals surface area contributed by atoms with Crippen LogP contribution in [0, 0.1) is 0 Å². The molecule has 0 aromatic heterocycles. The number of ether oxygens (including phenoxy) is 1. The Balaban J connectivity index is 1.61. The van der Waals surface area contributed by atoms with Crippen molar-refractivity contribution in [2.24, 2.45) is 0 Å². The molecule has 2 N–H and O–H groups in total. The quantitative estimate of drug-likeness (QED) is 0.382. The predicted octanol–water partition coefficient (Wildman–Crippen LogP) is 6.86. The highest BCUT2D eigenvalue weighted by Gasteiger charge is 2.16. The number of hydrogen-bond donors (Lipinski definition) is 2. The van der Waals surface area contributed by atoms with Gasteiger partial charge in [-0.15, -0.1) is 0 Å². The van der Waals surface area contributed by atoms with Crippen molar-refractivity contribution in [2.75, 3.05) is 17.2 Å². The first-order valence-corrected chi connectivity index (χ1v) is 11.4. The first kappa shape index (κ1) is 24.3. The van der Waals surface area contributed by atoms with E-state index in [1.807, 2.05) is 18.2 Å². The zero-order chi connectivity index (χ0) is 24.0. The van der Waals surface area contributed by atoms with Crippen LogP contribution >= 0.6 is 11.6 Å². The largest absolute Gasteiger partial charge is 0.484 e. The van der Waals surface area contributed by atoms with Crippen molar-refractivity contribution in [1.82, 2.24) is 0 Å². The monoisotopic (exact) mass is 464 g/mol. The van der Waals surface area contributed by atoms with Crippen LogP contribution in [0.2, 0.25) is 5.02 Å². The molecule has 0 aliphatic carbocycles. The summed E-state index contributed by atoms with van der Waals surface area (Å²) < 4.78 is 5.65. The van der Waals surface area contributed by atoms with E-state index in [4.69, 9.17) is 16.3 Å². The Bertz CT molecular complexity index is 1100. The van der Waals surface area contributed by atoms with E-state index in [-0.39, 0.29) is 30.3 Å². The fourth-order valence-electron chi connectivity index (χ4n) is 3.48. The van der Waals surface area contributed by atoms with Crippen LogP contribution in [-0.2, 0) is 4.79 Å². The molecule has 6 heteroatoms. The molecule has 33 heavy (non-hydrogen) atoms. The van der Waals surface area contributed by atoms with E-state index >= 15 is 0 Å². The van der Waals surface area contributed by atoms with Crippen LogP contribution in [0.15, 0.2) is 66.7 Å². The van der Waals surface area contributed by atoms with Gasteiger partial charge in [-0.25, -0.2) is 0 Å². The van der Waals surface area contributed by atoms with E-state index in [0.717, 1.165) is 16.8 Å². The maximum atomic E-state index is 12.6. The van der Waals surface area contributed by atoms with Crippen molar-refractivity contribution in [3.63, 3.8) is 0 Å². The summed E-state index contributed by atoms with van der Waals surface area (Å²) in [4.78, 5) is 25.1. The van der Waals surface area contributed by atoms with Crippen LogP contribution < -0.4 is 15.4 Å². The Kier molecular flexibility index (Phi) is 8.12. The minimum absolute atomic E-state index is 0.130. The van der Waals surface area contributed by atoms with E-state index in [1.54, 1.807) is 48.5 Å². The summed E-state index contributed by atoms with van der Waals surface area (Å²) in [6.07, 6.45) is 0. The van der Waals surface area contributed by atoms with Gasteiger partial charge in [-0.05, 0) is 59.4 Å². The molecule has 172 valence electrons. The van der Waals surface area contributed by atoms with Gasteiger partial charge in [-0.3, -0.25) is 9.59 Å². The first-order chi connectivity index (χ1) is 15.8. The minimum atomic E-state index is -0.279. The fraction of sp³-hybridized carbons (Fsp3) is 0.259. The van der Waals surface area contributed by atoms with Crippen LogP contribution in [-0.4, -0.2) is 18.4 Å². The maximum Gasteiger partial charge on any atom is 0.262 e. The van der Waals surface area contributed by atoms with Crippen molar-refractivity contribution >= 4 is 34.8 Å². The van der Waals surface area contributed by atoms with Gasteiger partial charge in [0.05, 0.1) is 10.7 Å². The molecular formula is C27H29ClN2O3. The molecule has 2 amide bonds. The number of carbonyl (C=O) groups excluding carboxylic acids is 2. The van der Waals surface area contributed by atoms with Gasteiger partial charge in [0, 0.05) is 11.3 Å². The molecule has 0 unspecified atom stereocenters. The van der Waals surface area contributed by atoms with Crippen LogP contribution in [0.5, 0.6) is 5.75 Å². The lowest BCUT2D eigenvalue weighted by molar-refractivity contribution is -0.118. The van der Waals surface area contributed by atoms with Gasteiger partial charge in [0.15, 0.2) is 6.61 Å². The van der Waals surface area contributed by atoms with Crippen molar-refractivity contribution in [1.29, 1.82) is 0 Å². The Hall–Kier alpha value is -3.31. The van der Waals surface area contributed by atoms with Gasteiger partial charge >= 0.3 is 0 Å². The molecule has 0 aliphatic heterocycles. The second-order valence-corrected chi connectivity index (χ2v) is 8.82. The standard InChI is InChI=1S/C27H29ClN2O3/c1-17(2)21-8-7-9-22(18(3)4)26(21)30-25(31)16-33-20-14-12-19(13-15-20)27(32)29-24-11-6-5-10-23(24)28/h5-15,17-18H,16H2,1-4H3,(H,29,32)(H,30,31). The highest BCUT2D eigenvalue weighted by Crippen LogP contribution is 2.32. The van der Waals surface area contributed by atoms with Gasteiger partial charge in [0.2, 0.25) is 0 Å². The number of carbonyl (C=O) groups is 2. The summed E-state index contributed by atoms with van der Waals surface area (Å²) in [5.41, 5.74) is 4.07. The SMILES string of the molecule is CC(C)c1cccc(C(C)C)c1NC(=O)COc1ccc(C(=O)Nc2ccccc2Cl)cc1. The van der Waals surface area contributed by atoms with Crippen LogP contribution in [0.4, 0.5) is 11.4 Å². The lowest BCUT2D eigenvalue weighted by Gasteiger charge is -2.20. The molecule has 0 aliphatic rings. The maximum absolute atomic E-state index is 12.6. The van der Waals surface area contributed by atoms with E-state index in [1.165, 1.54) is 0 Å². The van der Waals surface area contributed by atoms with Gasteiger partial charge in [0.25, 0.3) is 11.8 Å². The van der Waals surface area contributed by atoms with E-state index in [0.29, 0.717) is 22.0 Å². The molecule has 5 nitrogen and oxygen atoms in total. The zero-order valence-electron chi connectivity index (χ0n) is 19.3. The number of amides is 2. The second kappa shape index (κ2) is 11.0. The number of para-hydroxylation sites is 2. The number of halogens is 1. The predicted molar refractivity (Wildman–Crippen MR) is 135 cm³/mol. The van der Waals surface area contributed by atoms with E-state index in [2.05, 4.69) is 38.3 Å². The summed E-state index contributed by atoms with van der Waals surface area (Å²) in [5.74, 6) is 0.555. The fourth-order valence-corrected chi connectivity index (χ4v) is 3.66. The van der Waals surface area contributed by atoms with Crippen molar-refractivity contribution < 1.29 is 14.3 Å². The van der Waals surface area contributed by atoms with Crippen LogP contribution in [0.1, 0.15) is 61.0 Å². The molecule has 0 spiro atoms. The van der Waals surface area contributed by atoms with Crippen molar-refractivity contribution in [3.05, 3.63) is 88.4 Å². The molecular weight excluding hydrogens is 436 g/mol. The Morgan fingerprint density at radius 3 is 2.00 bits per heavy atom. The normalized spacial score (nSPS) is 10.9. The van der Waals surface area contributed by atoms with E-state index < -0.39 is 0 Å². The number of nitrogens with one attached hydrogen (secondary N) is 2. The molecule has 0 bridgehead atoms. The number of hydrogen-bond acceptors (Lipinski definition) is 3. The molecule has 3 aromatic carbocycles. The lowest BCUT2D eigenvalue weighted by atomic mass is 9.92. The van der Waals surface area contributed by atoms with Crippen LogP contribution in [0.25, 0.3) is 0 Å². The van der Waals surface area contributed by atoms with Crippen molar-refractivity contribution in [3.8, 4) is 5.75 Å². The summed E-state index contributed by atoms with van der Waals surface area (Å²) in [6, 6.07) is 19.8. The molecule has 0 heterocycles. The minimum Gasteiger partial charge on any atom is -0.484 e. The summed E-state index contributed by atoms with van der Waals surface area (Å²) >= 11 is 6.09. The molecule has 0 saturated heterocycles. The molecule has 0 fully saturated rings. The third kappa shape index (κ3) is 6.36. The molecule has 0 saturated carbocycles. The third-order valence-corrected chi connectivity index (χ3v) is 5.58. The average molecular weight is 465 g/mol. The van der Waals surface area contributed by atoms with Gasteiger partial charge < -0.3 is 15.4 Å². The third-order valence-electron chi connectivity index (χ3n) is 5.25. The van der Waals surface area contributed by atoms with Crippen LogP contribution in [0.3, 0.4) is 0 Å². The van der Waals surface area contributed by atoms with Crippen molar-refractivity contribution in [2.45, 2.75) is 39.5 Å². The lowest BCUT2D eigenvalue weighted by Crippen LogP contribution is -2.22. The smallest absolute Gasteiger partial charge is 0.262 e.